The van der Waals surface area contributed by atoms with Crippen molar-refractivity contribution >= 4 is 16.9 Å². The van der Waals surface area contributed by atoms with Crippen LogP contribution in [0.25, 0.3) is 10.9 Å². The zero-order valence-corrected chi connectivity index (χ0v) is 10.8. The van der Waals surface area contributed by atoms with Gasteiger partial charge in [-0.25, -0.2) is 4.39 Å². The van der Waals surface area contributed by atoms with Gasteiger partial charge in [0.25, 0.3) is 0 Å². The highest BCUT2D eigenvalue weighted by molar-refractivity contribution is 5.86. The van der Waals surface area contributed by atoms with E-state index in [1.54, 1.807) is 6.07 Å². The van der Waals surface area contributed by atoms with Crippen LogP contribution in [-0.4, -0.2) is 15.6 Å². The third-order valence-electron chi connectivity index (χ3n) is 4.36. The molecule has 0 unspecified atom stereocenters. The third-order valence-corrected chi connectivity index (χ3v) is 4.36. The summed E-state index contributed by atoms with van der Waals surface area (Å²) in [7, 11) is 1.88. The number of fused-ring (bicyclic) bond motifs is 1. The lowest BCUT2D eigenvalue weighted by atomic mass is 9.78. The van der Waals surface area contributed by atoms with Gasteiger partial charge in [-0.05, 0) is 31.0 Å². The van der Waals surface area contributed by atoms with Gasteiger partial charge >= 0.3 is 5.97 Å². The fourth-order valence-corrected chi connectivity index (χ4v) is 3.23. The van der Waals surface area contributed by atoms with Crippen LogP contribution in [-0.2, 0) is 17.3 Å². The molecule has 1 aromatic carbocycles. The van der Waals surface area contributed by atoms with Crippen LogP contribution in [0, 0.1) is 5.82 Å². The smallest absolute Gasteiger partial charge is 0.314 e. The Hall–Kier alpha value is -1.84. The van der Waals surface area contributed by atoms with E-state index in [1.165, 1.54) is 6.07 Å². The maximum absolute atomic E-state index is 14.3. The third kappa shape index (κ3) is 1.66. The van der Waals surface area contributed by atoms with Crippen molar-refractivity contribution in [2.75, 3.05) is 0 Å². The molecule has 3 nitrogen and oxygen atoms in total. The highest BCUT2D eigenvalue weighted by Crippen LogP contribution is 2.43. The number of aryl methyl sites for hydroxylation is 1. The average Bonchev–Trinajstić information content (AvgIpc) is 2.97. The Balaban J connectivity index is 2.25. The Morgan fingerprint density at radius 3 is 2.68 bits per heavy atom. The van der Waals surface area contributed by atoms with Gasteiger partial charge in [0.2, 0.25) is 0 Å². The number of rotatable bonds is 2. The van der Waals surface area contributed by atoms with Crippen LogP contribution in [0.3, 0.4) is 0 Å². The maximum Gasteiger partial charge on any atom is 0.314 e. The van der Waals surface area contributed by atoms with E-state index in [0.29, 0.717) is 18.4 Å². The highest BCUT2D eigenvalue weighted by atomic mass is 19.1. The topological polar surface area (TPSA) is 42.2 Å². The van der Waals surface area contributed by atoms with Crippen molar-refractivity contribution in [3.05, 3.63) is 35.8 Å². The molecule has 1 aliphatic rings. The van der Waals surface area contributed by atoms with Gasteiger partial charge in [0, 0.05) is 29.7 Å². The Morgan fingerprint density at radius 1 is 1.37 bits per heavy atom. The number of nitrogens with zero attached hydrogens (tertiary/aromatic N) is 1. The second-order valence-electron chi connectivity index (χ2n) is 5.41. The van der Waals surface area contributed by atoms with Crippen LogP contribution >= 0.6 is 0 Å². The lowest BCUT2D eigenvalue weighted by molar-refractivity contribution is -0.143. The molecule has 100 valence electrons. The van der Waals surface area contributed by atoms with Gasteiger partial charge in [-0.3, -0.25) is 4.79 Å². The lowest BCUT2D eigenvalue weighted by Crippen LogP contribution is -2.33. The van der Waals surface area contributed by atoms with E-state index in [0.717, 1.165) is 23.7 Å². The number of benzene rings is 1. The summed E-state index contributed by atoms with van der Waals surface area (Å²) < 4.78 is 16.2. The summed E-state index contributed by atoms with van der Waals surface area (Å²) in [5.74, 6) is -1.31. The van der Waals surface area contributed by atoms with E-state index in [1.807, 2.05) is 23.9 Å². The Morgan fingerprint density at radius 2 is 2.05 bits per heavy atom. The van der Waals surface area contributed by atoms with E-state index in [4.69, 9.17) is 0 Å². The monoisotopic (exact) mass is 261 g/mol. The van der Waals surface area contributed by atoms with Crippen LogP contribution < -0.4 is 0 Å². The molecular formula is C15H16FNO2. The maximum atomic E-state index is 14.3. The molecule has 4 heteroatoms. The average molecular weight is 261 g/mol. The van der Waals surface area contributed by atoms with Crippen LogP contribution in [0.2, 0.25) is 0 Å². The van der Waals surface area contributed by atoms with Gasteiger partial charge in [0.1, 0.15) is 5.82 Å². The van der Waals surface area contributed by atoms with E-state index in [9.17, 15) is 14.3 Å². The van der Waals surface area contributed by atoms with E-state index in [-0.39, 0.29) is 0 Å². The van der Waals surface area contributed by atoms with E-state index in [2.05, 4.69) is 0 Å². The van der Waals surface area contributed by atoms with E-state index >= 15 is 0 Å². The molecule has 1 heterocycles. The van der Waals surface area contributed by atoms with Crippen molar-refractivity contribution in [2.45, 2.75) is 31.1 Å². The Kier molecular flexibility index (Phi) is 2.62. The largest absolute Gasteiger partial charge is 0.481 e. The van der Waals surface area contributed by atoms with Gasteiger partial charge in [0.05, 0.1) is 5.41 Å². The van der Waals surface area contributed by atoms with Crippen LogP contribution in [0.4, 0.5) is 4.39 Å². The molecule has 1 aliphatic carbocycles. The van der Waals surface area contributed by atoms with Crippen molar-refractivity contribution in [3.63, 3.8) is 0 Å². The molecule has 0 aliphatic heterocycles. The predicted octanol–water partition coefficient (Wildman–Crippen LogP) is 3.21. The van der Waals surface area contributed by atoms with Gasteiger partial charge in [-0.15, -0.1) is 0 Å². The molecule has 0 spiro atoms. The first-order valence-corrected chi connectivity index (χ1v) is 6.53. The summed E-state index contributed by atoms with van der Waals surface area (Å²) in [5.41, 5.74) is 0.179. The molecule has 0 bridgehead atoms. The summed E-state index contributed by atoms with van der Waals surface area (Å²) in [4.78, 5) is 11.7. The number of carboxylic acids is 1. The molecule has 19 heavy (non-hydrogen) atoms. The number of hydrogen-bond donors (Lipinski definition) is 1. The molecule has 0 amide bonds. The molecule has 1 aromatic heterocycles. The molecule has 1 saturated carbocycles. The van der Waals surface area contributed by atoms with Crippen LogP contribution in [0.1, 0.15) is 31.2 Å². The highest BCUT2D eigenvalue weighted by Gasteiger charge is 2.44. The number of carbonyl (C=O) groups is 1. The van der Waals surface area contributed by atoms with Crippen molar-refractivity contribution < 1.29 is 14.3 Å². The van der Waals surface area contributed by atoms with E-state index < -0.39 is 17.2 Å². The van der Waals surface area contributed by atoms with Gasteiger partial charge < -0.3 is 9.67 Å². The summed E-state index contributed by atoms with van der Waals surface area (Å²) in [5, 5.41) is 10.4. The predicted molar refractivity (Wildman–Crippen MR) is 70.7 cm³/mol. The van der Waals surface area contributed by atoms with Gasteiger partial charge in [0.15, 0.2) is 0 Å². The molecule has 0 radical (unpaired) electrons. The second kappa shape index (κ2) is 4.08. The van der Waals surface area contributed by atoms with Gasteiger partial charge in [-0.1, -0.05) is 12.8 Å². The number of halogens is 1. The number of hydrogen-bond acceptors (Lipinski definition) is 1. The summed E-state index contributed by atoms with van der Waals surface area (Å²) in [6.07, 6.45) is 4.59. The first-order valence-electron chi connectivity index (χ1n) is 6.53. The fraction of sp³-hybridized carbons (Fsp3) is 0.400. The second-order valence-corrected chi connectivity index (χ2v) is 5.41. The summed E-state index contributed by atoms with van der Waals surface area (Å²) in [6, 6.07) is 5.00. The normalized spacial score (nSPS) is 18.0. The number of carboxylic acid groups (broad SMARTS) is 1. The minimum Gasteiger partial charge on any atom is -0.481 e. The number of aromatic nitrogens is 1. The Bertz CT molecular complexity index is 653. The SMILES string of the molecule is Cn1ccc2cc(F)c(C3(C(=O)O)CCCC3)cc21. The van der Waals surface area contributed by atoms with Crippen molar-refractivity contribution in [2.24, 2.45) is 7.05 Å². The van der Waals surface area contributed by atoms with Crippen LogP contribution in [0.15, 0.2) is 24.4 Å². The minimum absolute atomic E-state index is 0.340. The quantitative estimate of drug-likeness (QED) is 0.902. The zero-order chi connectivity index (χ0) is 13.6. The zero-order valence-electron chi connectivity index (χ0n) is 10.8. The summed E-state index contributed by atoms with van der Waals surface area (Å²) >= 11 is 0. The molecule has 1 N–H and O–H groups in total. The Labute approximate surface area is 110 Å². The molecule has 3 rings (SSSR count). The molecule has 1 fully saturated rings. The first kappa shape index (κ1) is 12.2. The van der Waals surface area contributed by atoms with Crippen molar-refractivity contribution in [3.8, 4) is 0 Å². The molecule has 2 aromatic rings. The van der Waals surface area contributed by atoms with Gasteiger partial charge in [-0.2, -0.15) is 0 Å². The standard InChI is InChI=1S/C15H16FNO2/c1-17-7-4-10-8-12(16)11(9-13(10)17)15(14(18)19)5-2-3-6-15/h4,7-9H,2-3,5-6H2,1H3,(H,18,19). The minimum atomic E-state index is -1.04. The molecule has 0 saturated heterocycles. The molecule has 0 atom stereocenters. The molecular weight excluding hydrogens is 245 g/mol. The first-order chi connectivity index (χ1) is 9.04. The number of aliphatic carboxylic acids is 1. The lowest BCUT2D eigenvalue weighted by Gasteiger charge is -2.25. The van der Waals surface area contributed by atoms with Crippen molar-refractivity contribution in [1.82, 2.24) is 4.57 Å². The summed E-state index contributed by atoms with van der Waals surface area (Å²) in [6.45, 7) is 0. The van der Waals surface area contributed by atoms with Crippen molar-refractivity contribution in [1.29, 1.82) is 0 Å². The van der Waals surface area contributed by atoms with Crippen LogP contribution in [0.5, 0.6) is 0 Å². The fourth-order valence-electron chi connectivity index (χ4n) is 3.23.